The van der Waals surface area contributed by atoms with Crippen LogP contribution in [0, 0.1) is 0 Å². The smallest absolute Gasteiger partial charge is 0.0250 e. The molecule has 0 aliphatic heterocycles. The molecule has 2 aromatic rings. The minimum absolute atomic E-state index is 0.281. The maximum absolute atomic E-state index is 2.33. The predicted molar refractivity (Wildman–Crippen MR) is 90.6 cm³/mol. The minimum atomic E-state index is 0.281. The van der Waals surface area contributed by atoms with Gasteiger partial charge in [-0.1, -0.05) is 99.4 Å². The summed E-state index contributed by atoms with van der Waals surface area (Å²) >= 11 is 0. The van der Waals surface area contributed by atoms with Crippen LogP contribution in [-0.2, 0) is 0 Å². The second-order valence-corrected chi connectivity index (χ2v) is 9.49. The Morgan fingerprint density at radius 3 is 1.11 bits per heavy atom. The molecule has 0 N–H and O–H groups in total. The van der Waals surface area contributed by atoms with E-state index in [0.717, 1.165) is 11.1 Å². The lowest BCUT2D eigenvalue weighted by molar-refractivity contribution is 0.971. The van der Waals surface area contributed by atoms with Crippen LogP contribution in [0.25, 0.3) is 11.1 Å². The van der Waals surface area contributed by atoms with Gasteiger partial charge in [0.05, 0.1) is 0 Å². The summed E-state index contributed by atoms with van der Waals surface area (Å²) in [5.74, 6) is 0. The lowest BCUT2D eigenvalue weighted by Gasteiger charge is -2.04. The molecule has 0 atom stereocenters. The Bertz CT molecular complexity index is 388. The van der Waals surface area contributed by atoms with Crippen molar-refractivity contribution in [1.29, 1.82) is 0 Å². The molecule has 1 heteroatoms. The van der Waals surface area contributed by atoms with E-state index < -0.39 is 0 Å². The van der Waals surface area contributed by atoms with Crippen molar-refractivity contribution in [1.82, 2.24) is 0 Å². The SMILES string of the molecule is CC(C)[SiH2]C(C)C.c1ccc(-c2ccccc2)cc1. The van der Waals surface area contributed by atoms with Gasteiger partial charge in [-0.2, -0.15) is 0 Å². The molecule has 0 aromatic heterocycles. The first-order chi connectivity index (χ1) is 9.09. The molecule has 0 spiro atoms. The maximum Gasteiger partial charge on any atom is 0.0250 e. The molecule has 0 heterocycles. The van der Waals surface area contributed by atoms with Gasteiger partial charge in [0.1, 0.15) is 0 Å². The molecular formula is C18H26Si. The third-order valence-corrected chi connectivity index (χ3v) is 4.71. The van der Waals surface area contributed by atoms with Crippen LogP contribution in [0.5, 0.6) is 0 Å². The summed E-state index contributed by atoms with van der Waals surface area (Å²) in [5, 5.41) is 0. The zero-order valence-corrected chi connectivity index (χ0v) is 14.0. The highest BCUT2D eigenvalue weighted by molar-refractivity contribution is 6.38. The second kappa shape index (κ2) is 8.71. The summed E-state index contributed by atoms with van der Waals surface area (Å²) in [7, 11) is 0.281. The highest BCUT2D eigenvalue weighted by Gasteiger charge is 1.97. The Balaban J connectivity index is 0.000000224. The first-order valence-corrected chi connectivity index (χ1v) is 8.83. The lowest BCUT2D eigenvalue weighted by Crippen LogP contribution is -1.98. The first-order valence-electron chi connectivity index (χ1n) is 7.20. The van der Waals surface area contributed by atoms with Crippen LogP contribution >= 0.6 is 0 Å². The van der Waals surface area contributed by atoms with E-state index in [2.05, 4.69) is 76.2 Å². The van der Waals surface area contributed by atoms with Crippen molar-refractivity contribution in [2.24, 2.45) is 0 Å². The molecule has 0 fully saturated rings. The summed E-state index contributed by atoms with van der Waals surface area (Å²) in [5.41, 5.74) is 4.58. The van der Waals surface area contributed by atoms with E-state index in [-0.39, 0.29) is 9.52 Å². The minimum Gasteiger partial charge on any atom is -0.0657 e. The molecule has 0 saturated heterocycles. The monoisotopic (exact) mass is 270 g/mol. The number of hydrogen-bond donors (Lipinski definition) is 0. The van der Waals surface area contributed by atoms with E-state index in [1.807, 2.05) is 12.1 Å². The number of hydrogen-bond acceptors (Lipinski definition) is 0. The quantitative estimate of drug-likeness (QED) is 0.675. The average Bonchev–Trinajstić information content (AvgIpc) is 2.40. The van der Waals surface area contributed by atoms with Gasteiger partial charge in [-0.05, 0) is 11.1 Å². The zero-order valence-electron chi connectivity index (χ0n) is 12.6. The number of rotatable bonds is 3. The van der Waals surface area contributed by atoms with E-state index in [4.69, 9.17) is 0 Å². The van der Waals surface area contributed by atoms with Crippen molar-refractivity contribution in [2.75, 3.05) is 0 Å². The van der Waals surface area contributed by atoms with Gasteiger partial charge < -0.3 is 0 Å². The van der Waals surface area contributed by atoms with Crippen LogP contribution in [0.3, 0.4) is 0 Å². The third-order valence-electron chi connectivity index (χ3n) is 2.82. The standard InChI is InChI=1S/C12H10.C6H16Si/c1-3-7-11(8-4-1)12-9-5-2-6-10-12;1-5(2)7-6(3)4/h1-10H;5-6H,7H2,1-4H3. The topological polar surface area (TPSA) is 0 Å². The highest BCUT2D eigenvalue weighted by Crippen LogP contribution is 2.17. The molecule has 0 amide bonds. The summed E-state index contributed by atoms with van der Waals surface area (Å²) in [6.45, 7) is 9.30. The molecule has 0 bridgehead atoms. The van der Waals surface area contributed by atoms with Gasteiger partial charge in [-0.3, -0.25) is 0 Å². The van der Waals surface area contributed by atoms with E-state index in [9.17, 15) is 0 Å². The van der Waals surface area contributed by atoms with Crippen LogP contribution in [0.15, 0.2) is 60.7 Å². The van der Waals surface area contributed by atoms with Crippen LogP contribution in [0.1, 0.15) is 27.7 Å². The van der Waals surface area contributed by atoms with Crippen molar-refractivity contribution in [3.8, 4) is 11.1 Å². The van der Waals surface area contributed by atoms with Crippen molar-refractivity contribution in [2.45, 2.75) is 38.8 Å². The van der Waals surface area contributed by atoms with Gasteiger partial charge >= 0.3 is 0 Å². The Morgan fingerprint density at radius 1 is 0.579 bits per heavy atom. The maximum atomic E-state index is 2.33. The lowest BCUT2D eigenvalue weighted by atomic mass is 10.1. The average molecular weight is 270 g/mol. The summed E-state index contributed by atoms with van der Waals surface area (Å²) in [6, 6.07) is 20.8. The van der Waals surface area contributed by atoms with E-state index in [0.29, 0.717) is 0 Å². The van der Waals surface area contributed by atoms with Gasteiger partial charge in [0.2, 0.25) is 0 Å². The van der Waals surface area contributed by atoms with Crippen molar-refractivity contribution in [3.63, 3.8) is 0 Å². The third kappa shape index (κ3) is 6.97. The van der Waals surface area contributed by atoms with Crippen LogP contribution in [0.2, 0.25) is 11.1 Å². The first kappa shape index (κ1) is 15.7. The zero-order chi connectivity index (χ0) is 14.1. The fraction of sp³-hybridized carbons (Fsp3) is 0.333. The Labute approximate surface area is 120 Å². The normalized spacial score (nSPS) is 10.2. The molecular weight excluding hydrogens is 244 g/mol. The van der Waals surface area contributed by atoms with Crippen LogP contribution in [0.4, 0.5) is 0 Å². The van der Waals surface area contributed by atoms with Crippen molar-refractivity contribution in [3.05, 3.63) is 60.7 Å². The highest BCUT2D eigenvalue weighted by atomic mass is 28.2. The van der Waals surface area contributed by atoms with E-state index in [1.165, 1.54) is 11.1 Å². The number of benzene rings is 2. The largest absolute Gasteiger partial charge is 0.0657 e. The Kier molecular flexibility index (Phi) is 7.20. The molecule has 0 unspecified atom stereocenters. The summed E-state index contributed by atoms with van der Waals surface area (Å²) in [4.78, 5) is 0. The van der Waals surface area contributed by atoms with E-state index >= 15 is 0 Å². The Morgan fingerprint density at radius 2 is 0.895 bits per heavy atom. The van der Waals surface area contributed by atoms with Crippen LogP contribution < -0.4 is 0 Å². The van der Waals surface area contributed by atoms with Gasteiger partial charge in [0.15, 0.2) is 0 Å². The summed E-state index contributed by atoms with van der Waals surface area (Å²) < 4.78 is 0. The molecule has 0 aliphatic carbocycles. The van der Waals surface area contributed by atoms with Gasteiger partial charge in [0, 0.05) is 9.52 Å². The Hall–Kier alpha value is -1.34. The van der Waals surface area contributed by atoms with E-state index in [1.54, 1.807) is 0 Å². The fourth-order valence-electron chi connectivity index (χ4n) is 2.20. The molecule has 2 rings (SSSR count). The molecule has 2 aromatic carbocycles. The molecule has 0 saturated carbocycles. The van der Waals surface area contributed by atoms with Gasteiger partial charge in [-0.15, -0.1) is 0 Å². The van der Waals surface area contributed by atoms with Crippen molar-refractivity contribution < 1.29 is 0 Å². The fourth-order valence-corrected chi connectivity index (χ4v) is 4.09. The molecule has 0 nitrogen and oxygen atoms in total. The van der Waals surface area contributed by atoms with Gasteiger partial charge in [-0.25, -0.2) is 0 Å². The van der Waals surface area contributed by atoms with Crippen LogP contribution in [-0.4, -0.2) is 9.52 Å². The van der Waals surface area contributed by atoms with Gasteiger partial charge in [0.25, 0.3) is 0 Å². The summed E-state index contributed by atoms with van der Waals surface area (Å²) in [6.07, 6.45) is 0. The molecule has 0 aliphatic rings. The van der Waals surface area contributed by atoms with Crippen molar-refractivity contribution >= 4 is 9.52 Å². The molecule has 19 heavy (non-hydrogen) atoms. The second-order valence-electron chi connectivity index (χ2n) is 5.76. The molecule has 0 radical (unpaired) electrons. The predicted octanol–water partition coefficient (Wildman–Crippen LogP) is 5.17. The molecule has 102 valence electrons.